The molecule has 1 saturated heterocycles. The molecule has 0 radical (unpaired) electrons. The third-order valence-electron chi connectivity index (χ3n) is 3.07. The maximum atomic E-state index is 12.0. The number of carbonyl (C=O) groups excluding carboxylic acids is 2. The third-order valence-corrected chi connectivity index (χ3v) is 3.07. The Balaban J connectivity index is 2.45. The van der Waals surface area contributed by atoms with Crippen LogP contribution in [0.25, 0.3) is 0 Å². The number of amides is 2. The Morgan fingerprint density at radius 1 is 1.33 bits per heavy atom. The summed E-state index contributed by atoms with van der Waals surface area (Å²) < 4.78 is 5.38. The zero-order valence-corrected chi connectivity index (χ0v) is 11.4. The molecule has 0 bridgehead atoms. The van der Waals surface area contributed by atoms with Crippen LogP contribution in [0.2, 0.25) is 0 Å². The first kappa shape index (κ1) is 14.9. The Morgan fingerprint density at radius 2 is 2.00 bits per heavy atom. The van der Waals surface area contributed by atoms with E-state index >= 15 is 0 Å². The molecule has 0 spiro atoms. The van der Waals surface area contributed by atoms with Crippen molar-refractivity contribution in [1.82, 2.24) is 15.1 Å². The number of rotatable bonds is 5. The molecule has 1 fully saturated rings. The molecule has 1 aliphatic heterocycles. The Bertz CT molecular complexity index is 286. The van der Waals surface area contributed by atoms with Crippen LogP contribution < -0.4 is 5.32 Å². The Morgan fingerprint density at radius 3 is 2.50 bits per heavy atom. The lowest BCUT2D eigenvalue weighted by Gasteiger charge is -2.28. The number of morpholine rings is 1. The number of nitrogens with zero attached hydrogens (tertiary/aromatic N) is 2. The van der Waals surface area contributed by atoms with Gasteiger partial charge in [0.2, 0.25) is 5.91 Å². The van der Waals surface area contributed by atoms with Crippen LogP contribution >= 0.6 is 0 Å². The van der Waals surface area contributed by atoms with Crippen molar-refractivity contribution in [3.8, 4) is 0 Å². The van der Waals surface area contributed by atoms with Gasteiger partial charge in [0.25, 0.3) is 5.91 Å². The monoisotopic (exact) mass is 257 g/mol. The van der Waals surface area contributed by atoms with Crippen molar-refractivity contribution in [3.63, 3.8) is 0 Å². The lowest BCUT2D eigenvalue weighted by molar-refractivity contribution is -0.148. The van der Waals surface area contributed by atoms with Crippen molar-refractivity contribution in [2.45, 2.75) is 20.0 Å². The molecule has 6 nitrogen and oxygen atoms in total. The highest BCUT2D eigenvalue weighted by atomic mass is 16.5. The van der Waals surface area contributed by atoms with Crippen molar-refractivity contribution >= 4 is 11.8 Å². The molecule has 6 heteroatoms. The van der Waals surface area contributed by atoms with Crippen LogP contribution in [-0.4, -0.2) is 74.1 Å². The predicted molar refractivity (Wildman–Crippen MR) is 68.2 cm³/mol. The maximum absolute atomic E-state index is 12.0. The average molecular weight is 257 g/mol. The van der Waals surface area contributed by atoms with Gasteiger partial charge in [-0.15, -0.1) is 0 Å². The number of carbonyl (C=O) groups is 2. The highest BCUT2D eigenvalue weighted by Crippen LogP contribution is 2.02. The SMILES string of the molecule is CCN(CC)C(=O)CN(C)C(=O)C1CNCCO1. The quantitative estimate of drug-likeness (QED) is 0.707. The van der Waals surface area contributed by atoms with Crippen LogP contribution in [0.4, 0.5) is 0 Å². The minimum atomic E-state index is -0.465. The molecule has 1 unspecified atom stereocenters. The molecule has 0 saturated carbocycles. The molecule has 1 atom stereocenters. The molecule has 0 aliphatic carbocycles. The summed E-state index contributed by atoms with van der Waals surface area (Å²) >= 11 is 0. The number of likely N-dealkylation sites (N-methyl/N-ethyl adjacent to an activating group) is 2. The third kappa shape index (κ3) is 3.96. The Hall–Kier alpha value is -1.14. The fourth-order valence-electron chi connectivity index (χ4n) is 1.93. The van der Waals surface area contributed by atoms with Crippen LogP contribution in [-0.2, 0) is 14.3 Å². The summed E-state index contributed by atoms with van der Waals surface area (Å²) in [5.74, 6) is -0.165. The van der Waals surface area contributed by atoms with Crippen LogP contribution in [0.15, 0.2) is 0 Å². The molecule has 0 aromatic heterocycles. The summed E-state index contributed by atoms with van der Waals surface area (Å²) in [5.41, 5.74) is 0. The van der Waals surface area contributed by atoms with Crippen LogP contribution in [0.3, 0.4) is 0 Å². The van der Waals surface area contributed by atoms with Crippen molar-refractivity contribution < 1.29 is 14.3 Å². The molecule has 0 aromatic carbocycles. The fraction of sp³-hybridized carbons (Fsp3) is 0.833. The minimum absolute atomic E-state index is 0.0281. The van der Waals surface area contributed by atoms with Crippen LogP contribution in [0.5, 0.6) is 0 Å². The molecular weight excluding hydrogens is 234 g/mol. The van der Waals surface area contributed by atoms with Gasteiger partial charge in [-0.05, 0) is 13.8 Å². The Kier molecular flexibility index (Phi) is 6.07. The second-order valence-corrected chi connectivity index (χ2v) is 4.32. The highest BCUT2D eigenvalue weighted by molar-refractivity contribution is 5.87. The molecule has 104 valence electrons. The van der Waals surface area contributed by atoms with Gasteiger partial charge >= 0.3 is 0 Å². The van der Waals surface area contributed by atoms with Crippen molar-refractivity contribution in [3.05, 3.63) is 0 Å². The molecule has 18 heavy (non-hydrogen) atoms. The molecular formula is C12H23N3O3. The van der Waals surface area contributed by atoms with E-state index in [1.807, 2.05) is 13.8 Å². The van der Waals surface area contributed by atoms with Gasteiger partial charge in [0.05, 0.1) is 13.2 Å². The van der Waals surface area contributed by atoms with Gasteiger partial charge in [-0.3, -0.25) is 9.59 Å². The van der Waals surface area contributed by atoms with E-state index in [2.05, 4.69) is 5.32 Å². The first-order valence-corrected chi connectivity index (χ1v) is 6.45. The highest BCUT2D eigenvalue weighted by Gasteiger charge is 2.26. The largest absolute Gasteiger partial charge is 0.366 e. The lowest BCUT2D eigenvalue weighted by atomic mass is 10.2. The first-order valence-electron chi connectivity index (χ1n) is 6.45. The van der Waals surface area contributed by atoms with E-state index < -0.39 is 6.10 Å². The summed E-state index contributed by atoms with van der Waals surface area (Å²) in [7, 11) is 1.64. The van der Waals surface area contributed by atoms with Crippen molar-refractivity contribution in [2.24, 2.45) is 0 Å². The fourth-order valence-corrected chi connectivity index (χ4v) is 1.93. The van der Waals surface area contributed by atoms with Gasteiger partial charge in [-0.2, -0.15) is 0 Å². The van der Waals surface area contributed by atoms with E-state index in [-0.39, 0.29) is 18.4 Å². The standard InChI is InChI=1S/C12H23N3O3/c1-4-15(5-2)11(16)9-14(3)12(17)10-8-13-6-7-18-10/h10,13H,4-9H2,1-3H3. The molecule has 1 heterocycles. The van der Waals surface area contributed by atoms with Crippen LogP contribution in [0.1, 0.15) is 13.8 Å². The molecule has 1 N–H and O–H groups in total. The van der Waals surface area contributed by atoms with E-state index in [0.29, 0.717) is 26.2 Å². The second kappa shape index (κ2) is 7.33. The number of hydrogen-bond acceptors (Lipinski definition) is 4. The van der Waals surface area contributed by atoms with E-state index in [4.69, 9.17) is 4.74 Å². The summed E-state index contributed by atoms with van der Waals surface area (Å²) in [6, 6.07) is 0. The summed E-state index contributed by atoms with van der Waals surface area (Å²) in [6.45, 7) is 7.12. The smallest absolute Gasteiger partial charge is 0.253 e. The van der Waals surface area contributed by atoms with Gasteiger partial charge in [0, 0.05) is 33.2 Å². The maximum Gasteiger partial charge on any atom is 0.253 e. The molecule has 1 rings (SSSR count). The second-order valence-electron chi connectivity index (χ2n) is 4.32. The lowest BCUT2D eigenvalue weighted by Crippen LogP contribution is -2.50. The van der Waals surface area contributed by atoms with Gasteiger partial charge in [0.1, 0.15) is 6.10 Å². The number of nitrogens with one attached hydrogen (secondary N) is 1. The van der Waals surface area contributed by atoms with Crippen molar-refractivity contribution in [1.29, 1.82) is 0 Å². The molecule has 2 amide bonds. The summed E-state index contributed by atoms with van der Waals surface area (Å²) in [6.07, 6.45) is -0.465. The molecule has 1 aliphatic rings. The van der Waals surface area contributed by atoms with E-state index in [0.717, 1.165) is 6.54 Å². The van der Waals surface area contributed by atoms with E-state index in [9.17, 15) is 9.59 Å². The summed E-state index contributed by atoms with van der Waals surface area (Å²) in [5, 5.41) is 3.10. The summed E-state index contributed by atoms with van der Waals surface area (Å²) in [4.78, 5) is 27.1. The first-order chi connectivity index (χ1) is 8.60. The van der Waals surface area contributed by atoms with Crippen molar-refractivity contribution in [2.75, 3.05) is 46.4 Å². The van der Waals surface area contributed by atoms with Gasteiger partial charge in [-0.1, -0.05) is 0 Å². The minimum Gasteiger partial charge on any atom is -0.366 e. The average Bonchev–Trinajstić information content (AvgIpc) is 2.40. The zero-order valence-electron chi connectivity index (χ0n) is 11.4. The Labute approximate surface area is 108 Å². The van der Waals surface area contributed by atoms with Gasteiger partial charge < -0.3 is 19.9 Å². The number of hydrogen-bond donors (Lipinski definition) is 1. The van der Waals surface area contributed by atoms with Gasteiger partial charge in [-0.25, -0.2) is 0 Å². The van der Waals surface area contributed by atoms with Gasteiger partial charge in [0.15, 0.2) is 0 Å². The number of ether oxygens (including phenoxy) is 1. The van der Waals surface area contributed by atoms with Crippen LogP contribution in [0, 0.1) is 0 Å². The predicted octanol–water partition coefficient (Wildman–Crippen LogP) is -0.698. The normalized spacial score (nSPS) is 19.4. The van der Waals surface area contributed by atoms with E-state index in [1.54, 1.807) is 11.9 Å². The molecule has 0 aromatic rings. The topological polar surface area (TPSA) is 61.9 Å². The zero-order chi connectivity index (χ0) is 13.5. The van der Waals surface area contributed by atoms with E-state index in [1.165, 1.54) is 4.90 Å².